The summed E-state index contributed by atoms with van der Waals surface area (Å²) in [6, 6.07) is 7.75. The summed E-state index contributed by atoms with van der Waals surface area (Å²) < 4.78 is 14.6. The molecule has 0 bridgehead atoms. The van der Waals surface area contributed by atoms with E-state index in [-0.39, 0.29) is 30.0 Å². The fourth-order valence-corrected chi connectivity index (χ4v) is 2.02. The van der Waals surface area contributed by atoms with Crippen LogP contribution in [0.3, 0.4) is 0 Å². The van der Waals surface area contributed by atoms with Gasteiger partial charge < -0.3 is 10.6 Å². The molecule has 120 valence electrons. The molecule has 0 saturated heterocycles. The fourth-order valence-electron chi connectivity index (χ4n) is 2.02. The van der Waals surface area contributed by atoms with Crippen LogP contribution in [0.5, 0.6) is 0 Å². The van der Waals surface area contributed by atoms with Crippen LogP contribution in [0.2, 0.25) is 0 Å². The number of hydrogen-bond acceptors (Lipinski definition) is 3. The molecule has 2 N–H and O–H groups in total. The van der Waals surface area contributed by atoms with Crippen molar-refractivity contribution >= 4 is 24.1 Å². The summed E-state index contributed by atoms with van der Waals surface area (Å²) in [5.41, 5.74) is 1.47. The summed E-state index contributed by atoms with van der Waals surface area (Å²) >= 11 is 0. The van der Waals surface area contributed by atoms with Crippen molar-refractivity contribution in [3.63, 3.8) is 0 Å². The monoisotopic (exact) mass is 326 g/mol. The zero-order valence-corrected chi connectivity index (χ0v) is 13.6. The van der Waals surface area contributed by atoms with Crippen molar-refractivity contribution in [3.8, 4) is 5.69 Å². The minimum absolute atomic E-state index is 0. The number of benzene rings is 1. The van der Waals surface area contributed by atoms with Gasteiger partial charge in [0.2, 0.25) is 5.91 Å². The Morgan fingerprint density at radius 2 is 2.00 bits per heavy atom. The molecule has 0 aliphatic carbocycles. The molecule has 1 heterocycles. The smallest absolute Gasteiger partial charge is 0.229 e. The maximum atomic E-state index is 13.0. The molecular formula is C15H20ClFN4O. The minimum Gasteiger partial charge on any atom is -0.319 e. The third-order valence-electron chi connectivity index (χ3n) is 3.11. The number of nitrogens with zero attached hydrogens (tertiary/aromatic N) is 2. The highest BCUT2D eigenvalue weighted by atomic mass is 35.5. The Kier molecular flexibility index (Phi) is 6.52. The Morgan fingerprint density at radius 3 is 2.59 bits per heavy atom. The van der Waals surface area contributed by atoms with Crippen molar-refractivity contribution in [1.29, 1.82) is 0 Å². The second-order valence-corrected chi connectivity index (χ2v) is 5.01. The molecule has 0 saturated carbocycles. The van der Waals surface area contributed by atoms with Crippen molar-refractivity contribution in [2.45, 2.75) is 13.8 Å². The molecule has 1 unspecified atom stereocenters. The third kappa shape index (κ3) is 4.29. The van der Waals surface area contributed by atoms with E-state index in [1.807, 2.05) is 13.8 Å². The number of carbonyl (C=O) groups is 1. The predicted octanol–water partition coefficient (Wildman–Crippen LogP) is 2.54. The second-order valence-electron chi connectivity index (χ2n) is 5.01. The predicted molar refractivity (Wildman–Crippen MR) is 87.2 cm³/mol. The molecule has 0 fully saturated rings. The number of halogens is 2. The lowest BCUT2D eigenvalue weighted by Crippen LogP contribution is -2.29. The summed E-state index contributed by atoms with van der Waals surface area (Å²) in [5, 5.41) is 10.2. The summed E-state index contributed by atoms with van der Waals surface area (Å²) in [6.45, 7) is 4.28. The summed E-state index contributed by atoms with van der Waals surface area (Å²) in [5.74, 6) is 0.0161. The van der Waals surface area contributed by atoms with E-state index in [0.29, 0.717) is 18.1 Å². The third-order valence-corrected chi connectivity index (χ3v) is 3.11. The lowest BCUT2D eigenvalue weighted by Gasteiger charge is -2.13. The number of carbonyl (C=O) groups excluding carboxylic acids is 1. The molecule has 1 atom stereocenters. The van der Waals surface area contributed by atoms with Gasteiger partial charge in [0, 0.05) is 18.5 Å². The molecule has 1 aromatic heterocycles. The van der Waals surface area contributed by atoms with Gasteiger partial charge in [0.05, 0.1) is 11.4 Å². The Balaban J connectivity index is 0.00000242. The van der Waals surface area contributed by atoms with Gasteiger partial charge in [-0.1, -0.05) is 6.92 Å². The maximum Gasteiger partial charge on any atom is 0.229 e. The normalized spacial score (nSPS) is 11.6. The lowest BCUT2D eigenvalue weighted by molar-refractivity contribution is -0.119. The van der Waals surface area contributed by atoms with Crippen LogP contribution in [0.4, 0.5) is 10.2 Å². The molecule has 2 rings (SSSR count). The van der Waals surface area contributed by atoms with Gasteiger partial charge in [-0.3, -0.25) is 4.79 Å². The molecular weight excluding hydrogens is 307 g/mol. The number of anilines is 1. The standard InChI is InChI=1S/C15H19FN4O.ClH/c1-10(9-17-3)15(21)18-14-8-11(2)19-20(14)13-6-4-12(16)5-7-13;/h4-8,10,17H,9H2,1-3H3,(H,18,21);1H. The van der Waals surface area contributed by atoms with Crippen LogP contribution in [-0.2, 0) is 4.79 Å². The van der Waals surface area contributed by atoms with Crippen molar-refractivity contribution < 1.29 is 9.18 Å². The van der Waals surface area contributed by atoms with Crippen LogP contribution in [0, 0.1) is 18.7 Å². The first-order valence-electron chi connectivity index (χ1n) is 6.79. The Morgan fingerprint density at radius 1 is 1.36 bits per heavy atom. The van der Waals surface area contributed by atoms with Crippen LogP contribution >= 0.6 is 12.4 Å². The van der Waals surface area contributed by atoms with Crippen molar-refractivity contribution in [1.82, 2.24) is 15.1 Å². The zero-order chi connectivity index (χ0) is 15.4. The van der Waals surface area contributed by atoms with E-state index in [2.05, 4.69) is 15.7 Å². The number of rotatable bonds is 5. The van der Waals surface area contributed by atoms with E-state index in [4.69, 9.17) is 0 Å². The van der Waals surface area contributed by atoms with E-state index in [1.165, 1.54) is 12.1 Å². The maximum absolute atomic E-state index is 13.0. The van der Waals surface area contributed by atoms with E-state index >= 15 is 0 Å². The van der Waals surface area contributed by atoms with Crippen LogP contribution < -0.4 is 10.6 Å². The molecule has 7 heteroatoms. The van der Waals surface area contributed by atoms with Crippen LogP contribution in [-0.4, -0.2) is 29.3 Å². The first-order valence-corrected chi connectivity index (χ1v) is 6.79. The van der Waals surface area contributed by atoms with Crippen molar-refractivity contribution in [3.05, 3.63) is 41.8 Å². The van der Waals surface area contributed by atoms with Gasteiger partial charge in [0.15, 0.2) is 0 Å². The minimum atomic E-state index is -0.309. The highest BCUT2D eigenvalue weighted by Crippen LogP contribution is 2.18. The molecule has 1 amide bonds. The average molecular weight is 327 g/mol. The molecule has 0 aliphatic rings. The fraction of sp³-hybridized carbons (Fsp3) is 0.333. The van der Waals surface area contributed by atoms with Crippen LogP contribution in [0.15, 0.2) is 30.3 Å². The molecule has 2 aromatic rings. The van der Waals surface area contributed by atoms with Crippen molar-refractivity contribution in [2.75, 3.05) is 18.9 Å². The molecule has 22 heavy (non-hydrogen) atoms. The van der Waals surface area contributed by atoms with Gasteiger partial charge in [-0.05, 0) is 38.2 Å². The van der Waals surface area contributed by atoms with Gasteiger partial charge in [-0.15, -0.1) is 12.4 Å². The van der Waals surface area contributed by atoms with Gasteiger partial charge in [-0.25, -0.2) is 9.07 Å². The SMILES string of the molecule is CNCC(C)C(=O)Nc1cc(C)nn1-c1ccc(F)cc1.Cl. The highest BCUT2D eigenvalue weighted by molar-refractivity contribution is 5.92. The molecule has 0 aliphatic heterocycles. The van der Waals surface area contributed by atoms with Crippen LogP contribution in [0.25, 0.3) is 5.69 Å². The number of nitrogens with one attached hydrogen (secondary N) is 2. The summed E-state index contributed by atoms with van der Waals surface area (Å²) in [6.07, 6.45) is 0. The number of aromatic nitrogens is 2. The quantitative estimate of drug-likeness (QED) is 0.887. The molecule has 1 aromatic carbocycles. The largest absolute Gasteiger partial charge is 0.319 e. The Bertz CT molecular complexity index is 627. The topological polar surface area (TPSA) is 59.0 Å². The average Bonchev–Trinajstić information content (AvgIpc) is 2.80. The summed E-state index contributed by atoms with van der Waals surface area (Å²) in [7, 11) is 1.80. The van der Waals surface area contributed by atoms with E-state index in [1.54, 1.807) is 29.9 Å². The number of hydrogen-bond donors (Lipinski definition) is 2. The van der Waals surface area contributed by atoms with E-state index in [9.17, 15) is 9.18 Å². The summed E-state index contributed by atoms with van der Waals surface area (Å²) in [4.78, 5) is 12.1. The molecule has 0 radical (unpaired) electrons. The van der Waals surface area contributed by atoms with E-state index in [0.717, 1.165) is 5.69 Å². The van der Waals surface area contributed by atoms with Crippen LogP contribution in [0.1, 0.15) is 12.6 Å². The lowest BCUT2D eigenvalue weighted by atomic mass is 10.1. The van der Waals surface area contributed by atoms with Gasteiger partial charge >= 0.3 is 0 Å². The number of aryl methyl sites for hydroxylation is 1. The van der Waals surface area contributed by atoms with Gasteiger partial charge in [0.25, 0.3) is 0 Å². The number of amides is 1. The van der Waals surface area contributed by atoms with E-state index < -0.39 is 0 Å². The molecule has 0 spiro atoms. The van der Waals surface area contributed by atoms with Gasteiger partial charge in [-0.2, -0.15) is 5.10 Å². The Labute approximate surface area is 135 Å². The first-order chi connectivity index (χ1) is 10.0. The highest BCUT2D eigenvalue weighted by Gasteiger charge is 2.15. The van der Waals surface area contributed by atoms with Gasteiger partial charge in [0.1, 0.15) is 11.6 Å². The zero-order valence-electron chi connectivity index (χ0n) is 12.8. The molecule has 5 nitrogen and oxygen atoms in total. The second kappa shape index (κ2) is 7.91. The van der Waals surface area contributed by atoms with Crippen molar-refractivity contribution in [2.24, 2.45) is 5.92 Å². The Hall–Kier alpha value is -1.92. The first kappa shape index (κ1) is 18.1.